The second-order valence-electron chi connectivity index (χ2n) is 18.9. The van der Waals surface area contributed by atoms with Crippen molar-refractivity contribution in [3.8, 4) is 11.5 Å². The van der Waals surface area contributed by atoms with E-state index in [4.69, 9.17) is 28.4 Å². The summed E-state index contributed by atoms with van der Waals surface area (Å²) in [5, 5.41) is 10.9. The van der Waals surface area contributed by atoms with Gasteiger partial charge in [0.25, 0.3) is 0 Å². The zero-order valence-electron chi connectivity index (χ0n) is 43.1. The fraction of sp³-hybridized carbons (Fsp3) is 0.786. The van der Waals surface area contributed by atoms with E-state index in [0.29, 0.717) is 62.0 Å². The number of rotatable bonds is 44. The second kappa shape index (κ2) is 39.3. The molecule has 1 N–H and O–H groups in total. The highest BCUT2D eigenvalue weighted by Crippen LogP contribution is 2.42. The molecule has 0 unspecified atom stereocenters. The standard InChI is InChI=1S/C56H94O11/c1-6-8-10-12-14-16-18-20-22-24-26-28-30-34-50(57)65-42-47(43-66-51(58)35-31-29-27-25-23-21-19-17-15-13-11-9-7-2)63-40-32-33-41-64-52(59)39-37-45(3)36-38-48-54(60)53-49(44-67-56(53)61)46(4)55(48)62-5/h36,47,60H,6-35,37-44H2,1-5H3/b45-36+. The summed E-state index contributed by atoms with van der Waals surface area (Å²) in [5.74, 6) is -0.961. The molecule has 11 nitrogen and oxygen atoms in total. The van der Waals surface area contributed by atoms with Crippen LogP contribution in [-0.2, 0) is 51.1 Å². The maximum absolute atomic E-state index is 12.6. The average molecular weight is 943 g/mol. The monoisotopic (exact) mass is 943 g/mol. The van der Waals surface area contributed by atoms with E-state index in [1.807, 2.05) is 19.9 Å². The third-order valence-corrected chi connectivity index (χ3v) is 13.0. The summed E-state index contributed by atoms with van der Waals surface area (Å²) < 4.78 is 33.4. The van der Waals surface area contributed by atoms with Crippen LogP contribution in [0.3, 0.4) is 0 Å². The number of hydrogen-bond acceptors (Lipinski definition) is 11. The van der Waals surface area contributed by atoms with Crippen molar-refractivity contribution in [1.29, 1.82) is 0 Å². The first-order valence-electron chi connectivity index (χ1n) is 26.9. The number of unbranched alkanes of at least 4 members (excludes halogenated alkanes) is 25. The lowest BCUT2D eigenvalue weighted by Gasteiger charge is -2.18. The molecule has 1 aromatic rings. The van der Waals surface area contributed by atoms with Crippen LogP contribution in [0.25, 0.3) is 0 Å². The summed E-state index contributed by atoms with van der Waals surface area (Å²) in [6.07, 6.45) is 36.6. The number of phenolic OH excluding ortho intramolecular Hbond substituents is 1. The largest absolute Gasteiger partial charge is 0.507 e. The van der Waals surface area contributed by atoms with Crippen molar-refractivity contribution < 1.29 is 52.7 Å². The second-order valence-corrected chi connectivity index (χ2v) is 18.9. The zero-order chi connectivity index (χ0) is 48.7. The first-order valence-corrected chi connectivity index (χ1v) is 26.9. The Bertz CT molecular complexity index is 1490. The minimum absolute atomic E-state index is 0.0240. The molecule has 0 saturated carbocycles. The summed E-state index contributed by atoms with van der Waals surface area (Å²) in [6, 6.07) is 0. The fourth-order valence-corrected chi connectivity index (χ4v) is 8.65. The van der Waals surface area contributed by atoms with E-state index in [9.17, 15) is 24.3 Å². The molecule has 0 bridgehead atoms. The van der Waals surface area contributed by atoms with Crippen LogP contribution >= 0.6 is 0 Å². The number of ether oxygens (including phenoxy) is 6. The molecule has 2 rings (SSSR count). The molecule has 11 heteroatoms. The molecule has 0 saturated heterocycles. The maximum Gasteiger partial charge on any atom is 0.342 e. The summed E-state index contributed by atoms with van der Waals surface area (Å²) in [4.78, 5) is 50.1. The minimum atomic E-state index is -0.570. The lowest BCUT2D eigenvalue weighted by Crippen LogP contribution is -2.29. The van der Waals surface area contributed by atoms with E-state index in [1.165, 1.54) is 136 Å². The van der Waals surface area contributed by atoms with E-state index < -0.39 is 12.1 Å². The van der Waals surface area contributed by atoms with E-state index in [-0.39, 0.29) is 62.1 Å². The van der Waals surface area contributed by atoms with Gasteiger partial charge in [0, 0.05) is 37.0 Å². The first-order chi connectivity index (χ1) is 32.6. The zero-order valence-corrected chi connectivity index (χ0v) is 43.1. The highest BCUT2D eigenvalue weighted by molar-refractivity contribution is 5.98. The van der Waals surface area contributed by atoms with Gasteiger partial charge in [-0.1, -0.05) is 180 Å². The SMILES string of the molecule is CCCCCCCCCCCCCCCC(=O)OCC(COC(=O)CCCCCCCCCCCCCCC)OCCCCOC(=O)CC/C(C)=C/Cc1c(O)c2c(c(C)c1OC)COC2=O. The number of esters is 4. The van der Waals surface area contributed by atoms with Crippen molar-refractivity contribution in [3.05, 3.63) is 33.9 Å². The van der Waals surface area contributed by atoms with Gasteiger partial charge >= 0.3 is 23.9 Å². The highest BCUT2D eigenvalue weighted by atomic mass is 16.6. The van der Waals surface area contributed by atoms with Gasteiger partial charge in [-0.25, -0.2) is 4.79 Å². The van der Waals surface area contributed by atoms with Crippen LogP contribution in [-0.4, -0.2) is 68.6 Å². The van der Waals surface area contributed by atoms with Crippen LogP contribution in [0.15, 0.2) is 11.6 Å². The molecule has 67 heavy (non-hydrogen) atoms. The van der Waals surface area contributed by atoms with Crippen molar-refractivity contribution in [3.63, 3.8) is 0 Å². The molecule has 0 aromatic heterocycles. The third-order valence-electron chi connectivity index (χ3n) is 13.0. The number of phenols is 1. The van der Waals surface area contributed by atoms with Crippen LogP contribution in [0.1, 0.15) is 253 Å². The number of carbonyl (C=O) groups excluding carboxylic acids is 4. The minimum Gasteiger partial charge on any atom is -0.507 e. The van der Waals surface area contributed by atoms with Crippen LogP contribution in [0.5, 0.6) is 11.5 Å². The van der Waals surface area contributed by atoms with E-state index in [1.54, 1.807) is 0 Å². The Balaban J connectivity index is 1.68. The Hall–Kier alpha value is -3.60. The molecule has 1 aliphatic rings. The number of aromatic hydroxyl groups is 1. The van der Waals surface area contributed by atoms with Gasteiger partial charge in [0.15, 0.2) is 0 Å². The fourth-order valence-electron chi connectivity index (χ4n) is 8.65. The Kier molecular flexibility index (Phi) is 34.9. The molecule has 0 radical (unpaired) electrons. The number of methoxy groups -OCH3 is 1. The van der Waals surface area contributed by atoms with Gasteiger partial charge in [-0.15, -0.1) is 0 Å². The molecule has 0 amide bonds. The molecule has 0 fully saturated rings. The Morgan fingerprint density at radius 2 is 1.03 bits per heavy atom. The number of benzene rings is 1. The predicted molar refractivity (Wildman–Crippen MR) is 268 cm³/mol. The molecule has 1 aliphatic heterocycles. The lowest BCUT2D eigenvalue weighted by atomic mass is 9.94. The highest BCUT2D eigenvalue weighted by Gasteiger charge is 2.32. The number of carbonyl (C=O) groups is 4. The van der Waals surface area contributed by atoms with Crippen LogP contribution in [0.4, 0.5) is 0 Å². The first kappa shape index (κ1) is 59.5. The molecular formula is C56H94O11. The van der Waals surface area contributed by atoms with E-state index >= 15 is 0 Å². The van der Waals surface area contributed by atoms with Gasteiger partial charge in [-0.05, 0) is 57.9 Å². The van der Waals surface area contributed by atoms with Gasteiger partial charge in [0.2, 0.25) is 0 Å². The quantitative estimate of drug-likeness (QED) is 0.0289. The summed E-state index contributed by atoms with van der Waals surface area (Å²) in [6.45, 7) is 9.01. The topological polar surface area (TPSA) is 144 Å². The molecule has 0 aliphatic carbocycles. The van der Waals surface area contributed by atoms with Crippen molar-refractivity contribution in [2.75, 3.05) is 33.5 Å². The summed E-state index contributed by atoms with van der Waals surface area (Å²) in [7, 11) is 1.53. The molecule has 1 heterocycles. The third kappa shape index (κ3) is 27.9. The van der Waals surface area contributed by atoms with E-state index in [0.717, 1.165) is 49.7 Å². The Labute approximate surface area is 406 Å². The van der Waals surface area contributed by atoms with Gasteiger partial charge in [-0.3, -0.25) is 14.4 Å². The van der Waals surface area contributed by atoms with Gasteiger partial charge in [0.1, 0.15) is 43.0 Å². The van der Waals surface area contributed by atoms with Crippen molar-refractivity contribution in [2.45, 2.75) is 252 Å². The smallest absolute Gasteiger partial charge is 0.342 e. The number of hydrogen-bond donors (Lipinski definition) is 1. The number of allylic oxidation sites excluding steroid dienone is 2. The average Bonchev–Trinajstić information content (AvgIpc) is 3.72. The number of cyclic esters (lactones) is 1. The van der Waals surface area contributed by atoms with Gasteiger partial charge < -0.3 is 33.5 Å². The van der Waals surface area contributed by atoms with Crippen LogP contribution in [0.2, 0.25) is 0 Å². The molecule has 0 spiro atoms. The molecule has 384 valence electrons. The van der Waals surface area contributed by atoms with Gasteiger partial charge in [0.05, 0.1) is 13.7 Å². The van der Waals surface area contributed by atoms with Crippen molar-refractivity contribution in [2.24, 2.45) is 0 Å². The molecule has 1 aromatic carbocycles. The summed E-state index contributed by atoms with van der Waals surface area (Å²) >= 11 is 0. The summed E-state index contributed by atoms with van der Waals surface area (Å²) in [5.41, 5.74) is 3.06. The Morgan fingerprint density at radius 3 is 1.49 bits per heavy atom. The maximum atomic E-state index is 12.6. The van der Waals surface area contributed by atoms with Gasteiger partial charge in [-0.2, -0.15) is 0 Å². The van der Waals surface area contributed by atoms with Crippen LogP contribution < -0.4 is 4.74 Å². The van der Waals surface area contributed by atoms with E-state index in [2.05, 4.69) is 13.8 Å². The van der Waals surface area contributed by atoms with Crippen molar-refractivity contribution >= 4 is 23.9 Å². The molecule has 0 atom stereocenters. The lowest BCUT2D eigenvalue weighted by molar-refractivity contribution is -0.155. The van der Waals surface area contributed by atoms with Crippen molar-refractivity contribution in [1.82, 2.24) is 0 Å². The normalized spacial score (nSPS) is 12.4. The molecular weight excluding hydrogens is 849 g/mol. The Morgan fingerprint density at radius 1 is 0.597 bits per heavy atom. The predicted octanol–water partition coefficient (Wildman–Crippen LogP) is 14.4. The number of fused-ring (bicyclic) bond motifs is 1. The van der Waals surface area contributed by atoms with Crippen LogP contribution in [0, 0.1) is 6.92 Å².